The molecule has 1 aromatic carbocycles. The molecule has 0 radical (unpaired) electrons. The first-order valence-corrected chi connectivity index (χ1v) is 15.4. The highest BCUT2D eigenvalue weighted by atomic mass is 35.5. The van der Waals surface area contributed by atoms with Crippen LogP contribution in [0.1, 0.15) is 57.4 Å². The Labute approximate surface area is 273 Å². The number of fused-ring (bicyclic) bond motifs is 1. The van der Waals surface area contributed by atoms with Crippen molar-refractivity contribution in [1.29, 1.82) is 0 Å². The number of thiophene rings is 1. The molecule has 2 aliphatic heterocycles. The molecule has 0 bridgehead atoms. The zero-order chi connectivity index (χ0) is 34.3. The second-order valence-electron chi connectivity index (χ2n) is 11.0. The standard InChI is InChI=1S/C31H26ClF6N3O5S/c1-2-5-22-29(46-19-15-23(47-16-19)31(36,37)38,10-4-12-40(22)26(42)24-21(30(33,34)35)6-3-11-39-24)28(45)41-13-9-17-14-18(32)7-8-20(17)25(41)27(43)44/h2-3,6-8,11,14-16,22,25H,1,4-5,9-10,12-13H2,(H,43,44)/t22-,25?,29-/m1/s1. The third-order valence-corrected chi connectivity index (χ3v) is 9.36. The summed E-state index contributed by atoms with van der Waals surface area (Å²) in [6, 6.07) is 3.85. The highest BCUT2D eigenvalue weighted by molar-refractivity contribution is 7.10. The van der Waals surface area contributed by atoms with Crippen LogP contribution in [0.4, 0.5) is 26.3 Å². The maximum atomic E-state index is 14.8. The number of nitrogens with zero attached hydrogens (tertiary/aromatic N) is 3. The Hall–Kier alpha value is -4.11. The first-order valence-electron chi connectivity index (χ1n) is 14.2. The summed E-state index contributed by atoms with van der Waals surface area (Å²) < 4.78 is 88.6. The number of aromatic nitrogens is 1. The zero-order valence-corrected chi connectivity index (χ0v) is 25.8. The summed E-state index contributed by atoms with van der Waals surface area (Å²) in [6.45, 7) is 3.34. The molecule has 5 rings (SSSR count). The molecule has 1 fully saturated rings. The normalized spacial score (nSPS) is 21.6. The lowest BCUT2D eigenvalue weighted by atomic mass is 9.79. The molecule has 250 valence electrons. The van der Waals surface area contributed by atoms with Gasteiger partial charge in [-0.05, 0) is 54.7 Å². The molecular formula is C31H26ClF6N3O5S. The number of pyridine rings is 1. The number of carboxylic acid groups (broad SMARTS) is 1. The Morgan fingerprint density at radius 1 is 1.11 bits per heavy atom. The van der Waals surface area contributed by atoms with E-state index in [-0.39, 0.29) is 50.1 Å². The topological polar surface area (TPSA) is 100 Å². The molecule has 0 aliphatic carbocycles. The number of ether oxygens (including phenoxy) is 1. The van der Waals surface area contributed by atoms with Crippen molar-refractivity contribution in [3.8, 4) is 5.75 Å². The maximum Gasteiger partial charge on any atom is 0.425 e. The van der Waals surface area contributed by atoms with Gasteiger partial charge >= 0.3 is 18.3 Å². The Morgan fingerprint density at radius 2 is 1.85 bits per heavy atom. The van der Waals surface area contributed by atoms with E-state index in [4.69, 9.17) is 16.3 Å². The van der Waals surface area contributed by atoms with Gasteiger partial charge in [0.2, 0.25) is 5.60 Å². The van der Waals surface area contributed by atoms with Crippen LogP contribution in [0.25, 0.3) is 0 Å². The van der Waals surface area contributed by atoms with Crippen molar-refractivity contribution >= 4 is 40.7 Å². The number of carbonyl (C=O) groups is 3. The molecule has 3 aromatic rings. The molecule has 47 heavy (non-hydrogen) atoms. The lowest BCUT2D eigenvalue weighted by Crippen LogP contribution is -2.68. The molecule has 1 N–H and O–H groups in total. The number of rotatable bonds is 7. The molecule has 0 spiro atoms. The number of likely N-dealkylation sites (tertiary alicyclic amines) is 1. The van der Waals surface area contributed by atoms with E-state index >= 15 is 0 Å². The number of carbonyl (C=O) groups excluding carboxylic acids is 2. The van der Waals surface area contributed by atoms with E-state index in [0.29, 0.717) is 34.1 Å². The van der Waals surface area contributed by atoms with Crippen LogP contribution in [0.5, 0.6) is 5.75 Å². The van der Waals surface area contributed by atoms with Crippen LogP contribution >= 0.6 is 22.9 Å². The summed E-state index contributed by atoms with van der Waals surface area (Å²) in [5, 5.41) is 11.7. The summed E-state index contributed by atoms with van der Waals surface area (Å²) in [6.07, 6.45) is -7.75. The Bertz CT molecular complexity index is 1710. The lowest BCUT2D eigenvalue weighted by molar-refractivity contribution is -0.167. The molecule has 1 saturated heterocycles. The molecule has 1 unspecified atom stereocenters. The number of carboxylic acids is 1. The van der Waals surface area contributed by atoms with Crippen molar-refractivity contribution in [3.63, 3.8) is 0 Å². The number of hydrogen-bond acceptors (Lipinski definition) is 6. The number of hydrogen-bond donors (Lipinski definition) is 1. The highest BCUT2D eigenvalue weighted by Crippen LogP contribution is 2.44. The maximum absolute atomic E-state index is 14.8. The summed E-state index contributed by atoms with van der Waals surface area (Å²) >= 11 is 6.41. The number of aliphatic carboxylic acids is 1. The number of alkyl halides is 6. The van der Waals surface area contributed by atoms with Crippen molar-refractivity contribution in [3.05, 3.63) is 92.9 Å². The van der Waals surface area contributed by atoms with Crippen LogP contribution in [-0.2, 0) is 28.4 Å². The molecule has 16 heteroatoms. The van der Waals surface area contributed by atoms with E-state index < -0.39 is 64.0 Å². The van der Waals surface area contributed by atoms with E-state index in [1.54, 1.807) is 6.07 Å². The molecule has 8 nitrogen and oxygen atoms in total. The smallest absolute Gasteiger partial charge is 0.425 e. The average Bonchev–Trinajstić information content (AvgIpc) is 3.49. The fraction of sp³-hybridized carbons (Fsp3) is 0.355. The predicted octanol–water partition coefficient (Wildman–Crippen LogP) is 7.04. The molecule has 4 heterocycles. The number of amides is 2. The number of benzene rings is 1. The van der Waals surface area contributed by atoms with E-state index in [2.05, 4.69) is 11.6 Å². The first-order chi connectivity index (χ1) is 22.1. The van der Waals surface area contributed by atoms with Crippen molar-refractivity contribution in [2.45, 2.75) is 55.7 Å². The van der Waals surface area contributed by atoms with E-state index in [9.17, 15) is 45.8 Å². The molecular weight excluding hydrogens is 676 g/mol. The molecule has 2 amide bonds. The minimum Gasteiger partial charge on any atom is -0.479 e. The van der Waals surface area contributed by atoms with Gasteiger partial charge in [0.15, 0.2) is 6.04 Å². The van der Waals surface area contributed by atoms with E-state index in [1.807, 2.05) is 0 Å². The first kappa shape index (κ1) is 34.2. The van der Waals surface area contributed by atoms with Crippen LogP contribution in [0.3, 0.4) is 0 Å². The quantitative estimate of drug-likeness (QED) is 0.210. The van der Waals surface area contributed by atoms with Gasteiger partial charge in [-0.2, -0.15) is 26.3 Å². The second-order valence-corrected chi connectivity index (χ2v) is 12.4. The van der Waals surface area contributed by atoms with Crippen molar-refractivity contribution in [2.75, 3.05) is 13.1 Å². The summed E-state index contributed by atoms with van der Waals surface area (Å²) in [5.41, 5.74) is -3.69. The lowest BCUT2D eigenvalue weighted by Gasteiger charge is -2.50. The van der Waals surface area contributed by atoms with Gasteiger partial charge in [0.05, 0.1) is 11.6 Å². The van der Waals surface area contributed by atoms with Crippen LogP contribution < -0.4 is 4.74 Å². The van der Waals surface area contributed by atoms with Crippen molar-refractivity contribution in [1.82, 2.24) is 14.8 Å². The molecule has 3 atom stereocenters. The van der Waals surface area contributed by atoms with Crippen LogP contribution in [0, 0.1) is 0 Å². The third-order valence-electron chi connectivity index (χ3n) is 8.17. The summed E-state index contributed by atoms with van der Waals surface area (Å²) in [5.74, 6) is -3.96. The predicted molar refractivity (Wildman–Crippen MR) is 158 cm³/mol. The SMILES string of the molecule is C=CC[C@H]1N(C(=O)c2ncccc2C(F)(F)F)CCC[C@]1(Oc1csc(C(F)(F)F)c1)C(=O)N1CCc2cc(Cl)ccc2C1C(=O)O. The Kier molecular flexibility index (Phi) is 9.34. The average molecular weight is 702 g/mol. The van der Waals surface area contributed by atoms with Crippen LogP contribution in [-0.4, -0.2) is 62.4 Å². The van der Waals surface area contributed by atoms with Gasteiger partial charge in [0.25, 0.3) is 11.8 Å². The zero-order valence-electron chi connectivity index (χ0n) is 24.3. The monoisotopic (exact) mass is 701 g/mol. The molecule has 2 aromatic heterocycles. The van der Waals surface area contributed by atoms with Gasteiger partial charge in [0.1, 0.15) is 16.3 Å². The van der Waals surface area contributed by atoms with Gasteiger partial charge in [-0.1, -0.05) is 23.7 Å². The highest BCUT2D eigenvalue weighted by Gasteiger charge is 2.57. The van der Waals surface area contributed by atoms with Crippen molar-refractivity contribution in [2.24, 2.45) is 0 Å². The van der Waals surface area contributed by atoms with E-state index in [1.165, 1.54) is 18.2 Å². The van der Waals surface area contributed by atoms with Gasteiger partial charge in [-0.15, -0.1) is 17.9 Å². The number of piperidine rings is 1. The summed E-state index contributed by atoms with van der Waals surface area (Å²) in [4.78, 5) is 46.0. The third kappa shape index (κ3) is 6.55. The number of halogens is 7. The van der Waals surface area contributed by atoms with Gasteiger partial charge in [-0.25, -0.2) is 4.79 Å². The molecule has 2 aliphatic rings. The van der Waals surface area contributed by atoms with Gasteiger partial charge in [-0.3, -0.25) is 14.6 Å². The Morgan fingerprint density at radius 3 is 2.49 bits per heavy atom. The summed E-state index contributed by atoms with van der Waals surface area (Å²) in [7, 11) is 0. The fourth-order valence-corrected chi connectivity index (χ4v) is 7.08. The van der Waals surface area contributed by atoms with E-state index in [0.717, 1.165) is 27.4 Å². The Balaban J connectivity index is 1.65. The molecule has 0 saturated carbocycles. The minimum absolute atomic E-state index is 0.0344. The van der Waals surface area contributed by atoms with Gasteiger partial charge < -0.3 is 19.6 Å². The van der Waals surface area contributed by atoms with Crippen LogP contribution in [0.2, 0.25) is 5.02 Å². The van der Waals surface area contributed by atoms with Gasteiger partial charge in [0, 0.05) is 42.2 Å². The minimum atomic E-state index is -4.96. The largest absolute Gasteiger partial charge is 0.479 e. The fourth-order valence-electron chi connectivity index (χ4n) is 6.21. The van der Waals surface area contributed by atoms with Crippen LogP contribution in [0.15, 0.2) is 60.6 Å². The van der Waals surface area contributed by atoms with Crippen molar-refractivity contribution < 1.29 is 50.6 Å². The second kappa shape index (κ2) is 12.8.